The van der Waals surface area contributed by atoms with E-state index in [-0.39, 0.29) is 6.04 Å². The number of rotatable bonds is 3. The molecule has 5 heteroatoms. The minimum Gasteiger partial charge on any atom is -0.377 e. The Balaban J connectivity index is 2.00. The number of nitrogens with zero attached hydrogens (tertiary/aromatic N) is 2. The van der Waals surface area contributed by atoms with E-state index in [2.05, 4.69) is 23.1 Å². The molecule has 0 saturated carbocycles. The van der Waals surface area contributed by atoms with E-state index in [0.717, 1.165) is 47.3 Å². The van der Waals surface area contributed by atoms with Crippen LogP contribution in [0.4, 0.5) is 5.69 Å². The predicted octanol–water partition coefficient (Wildman–Crippen LogP) is 2.35. The quantitative estimate of drug-likeness (QED) is 0.945. The molecule has 2 aromatic carbocycles. The molecule has 2 N–H and O–H groups in total. The summed E-state index contributed by atoms with van der Waals surface area (Å²) >= 11 is 0. The minimum absolute atomic E-state index is 0.251. The molecule has 0 spiro atoms. The molecule has 0 amide bonds. The van der Waals surface area contributed by atoms with Crippen LogP contribution in [0.25, 0.3) is 10.8 Å². The van der Waals surface area contributed by atoms with E-state index in [1.165, 1.54) is 0 Å². The molecule has 0 aromatic heterocycles. The molecule has 0 aliphatic carbocycles. The lowest BCUT2D eigenvalue weighted by Gasteiger charge is -2.29. The van der Waals surface area contributed by atoms with Crippen molar-refractivity contribution in [3.05, 3.63) is 36.4 Å². The highest BCUT2D eigenvalue weighted by atomic mass is 32.2. The van der Waals surface area contributed by atoms with Crippen molar-refractivity contribution in [3.8, 4) is 0 Å². The fourth-order valence-electron chi connectivity index (χ4n) is 2.99. The Morgan fingerprint density at radius 2 is 1.73 bits per heavy atom. The molecule has 1 aliphatic rings. The third-order valence-corrected chi connectivity index (χ3v) is 5.83. The zero-order valence-electron chi connectivity index (χ0n) is 13.2. The molecule has 1 heterocycles. The zero-order chi connectivity index (χ0) is 15.7. The average molecular weight is 317 g/mol. The van der Waals surface area contributed by atoms with Crippen LogP contribution >= 0.6 is 0 Å². The maximum atomic E-state index is 13.0. The predicted molar refractivity (Wildman–Crippen MR) is 93.5 cm³/mol. The largest absolute Gasteiger partial charge is 0.377 e. The molecule has 1 aliphatic heterocycles. The highest BCUT2D eigenvalue weighted by molar-refractivity contribution is 7.83. The fraction of sp³-hybridized carbons (Fsp3) is 0.412. The van der Waals surface area contributed by atoms with Crippen molar-refractivity contribution in [1.29, 1.82) is 0 Å². The SMILES string of the molecule is CN(C)c1cccc2c(S(=O)N3CCC(N)CC3)cccc12. The first-order valence-electron chi connectivity index (χ1n) is 7.69. The van der Waals surface area contributed by atoms with Gasteiger partial charge in [-0.15, -0.1) is 0 Å². The van der Waals surface area contributed by atoms with Gasteiger partial charge in [-0.1, -0.05) is 24.3 Å². The highest BCUT2D eigenvalue weighted by Gasteiger charge is 2.23. The van der Waals surface area contributed by atoms with E-state index in [0.29, 0.717) is 0 Å². The molecule has 1 fully saturated rings. The summed E-state index contributed by atoms with van der Waals surface area (Å²) in [6.07, 6.45) is 1.83. The summed E-state index contributed by atoms with van der Waals surface area (Å²) in [7, 11) is 2.94. The summed E-state index contributed by atoms with van der Waals surface area (Å²) in [4.78, 5) is 2.99. The van der Waals surface area contributed by atoms with Gasteiger partial charge < -0.3 is 10.6 Å². The van der Waals surface area contributed by atoms with Gasteiger partial charge in [0.05, 0.1) is 4.90 Å². The molecule has 3 rings (SSSR count). The van der Waals surface area contributed by atoms with Gasteiger partial charge in [0.15, 0.2) is 0 Å². The van der Waals surface area contributed by atoms with Gasteiger partial charge in [-0.05, 0) is 25.0 Å². The van der Waals surface area contributed by atoms with E-state index in [4.69, 9.17) is 5.73 Å². The van der Waals surface area contributed by atoms with Gasteiger partial charge in [0.1, 0.15) is 11.0 Å². The van der Waals surface area contributed by atoms with Gasteiger partial charge in [0.25, 0.3) is 0 Å². The van der Waals surface area contributed by atoms with Crippen LogP contribution < -0.4 is 10.6 Å². The van der Waals surface area contributed by atoms with Crippen LogP contribution in [0.15, 0.2) is 41.3 Å². The van der Waals surface area contributed by atoms with Gasteiger partial charge in [-0.3, -0.25) is 0 Å². The number of hydrogen-bond donors (Lipinski definition) is 1. The standard InChI is InChI=1S/C17H23N3OS/c1-19(2)16-7-3-6-15-14(16)5-4-8-17(15)22(21)20-11-9-13(18)10-12-20/h3-8,13H,9-12,18H2,1-2H3. The van der Waals surface area contributed by atoms with Crippen molar-refractivity contribution in [2.75, 3.05) is 32.1 Å². The molecule has 118 valence electrons. The van der Waals surface area contributed by atoms with E-state index in [1.807, 2.05) is 36.6 Å². The van der Waals surface area contributed by atoms with Crippen LogP contribution in [0.1, 0.15) is 12.8 Å². The Bertz CT molecular complexity index is 693. The van der Waals surface area contributed by atoms with Crippen LogP contribution in [0.3, 0.4) is 0 Å². The second-order valence-electron chi connectivity index (χ2n) is 6.04. The first-order chi connectivity index (χ1) is 10.6. The van der Waals surface area contributed by atoms with E-state index in [1.54, 1.807) is 0 Å². The van der Waals surface area contributed by atoms with Crippen molar-refractivity contribution in [1.82, 2.24) is 4.31 Å². The van der Waals surface area contributed by atoms with Crippen molar-refractivity contribution < 1.29 is 4.21 Å². The number of piperidine rings is 1. The third-order valence-electron chi connectivity index (χ3n) is 4.26. The van der Waals surface area contributed by atoms with Crippen molar-refractivity contribution in [2.45, 2.75) is 23.8 Å². The van der Waals surface area contributed by atoms with E-state index in [9.17, 15) is 4.21 Å². The van der Waals surface area contributed by atoms with Crippen LogP contribution in [0.2, 0.25) is 0 Å². The molecule has 1 unspecified atom stereocenters. The average Bonchev–Trinajstić information content (AvgIpc) is 2.53. The van der Waals surface area contributed by atoms with Gasteiger partial charge in [0.2, 0.25) is 0 Å². The van der Waals surface area contributed by atoms with Crippen LogP contribution in [-0.2, 0) is 11.0 Å². The lowest BCUT2D eigenvalue weighted by Crippen LogP contribution is -2.40. The van der Waals surface area contributed by atoms with Crippen LogP contribution in [0, 0.1) is 0 Å². The summed E-state index contributed by atoms with van der Waals surface area (Å²) in [6.45, 7) is 1.61. The molecule has 0 radical (unpaired) electrons. The molecular formula is C17H23N3OS. The van der Waals surface area contributed by atoms with Gasteiger partial charge >= 0.3 is 0 Å². The molecule has 1 atom stereocenters. The number of anilines is 1. The topological polar surface area (TPSA) is 49.6 Å². The van der Waals surface area contributed by atoms with E-state index < -0.39 is 11.0 Å². The van der Waals surface area contributed by atoms with Crippen molar-refractivity contribution in [2.24, 2.45) is 5.73 Å². The first-order valence-corrected chi connectivity index (χ1v) is 8.80. The van der Waals surface area contributed by atoms with Gasteiger partial charge in [-0.25, -0.2) is 8.51 Å². The molecule has 4 nitrogen and oxygen atoms in total. The van der Waals surface area contributed by atoms with E-state index >= 15 is 0 Å². The summed E-state index contributed by atoms with van der Waals surface area (Å²) in [6, 6.07) is 12.5. The lowest BCUT2D eigenvalue weighted by atomic mass is 10.1. The maximum absolute atomic E-state index is 13.0. The van der Waals surface area contributed by atoms with Crippen LogP contribution in [-0.4, -0.2) is 41.7 Å². The molecule has 0 bridgehead atoms. The second-order valence-corrected chi connectivity index (χ2v) is 7.49. The van der Waals surface area contributed by atoms with Crippen molar-refractivity contribution in [3.63, 3.8) is 0 Å². The third kappa shape index (κ3) is 2.89. The molecule has 2 aromatic rings. The van der Waals surface area contributed by atoms with Crippen LogP contribution in [0.5, 0.6) is 0 Å². The summed E-state index contributed by atoms with van der Waals surface area (Å²) in [5, 5.41) is 2.22. The maximum Gasteiger partial charge on any atom is 0.128 e. The van der Waals surface area contributed by atoms with Crippen molar-refractivity contribution >= 4 is 27.4 Å². The summed E-state index contributed by atoms with van der Waals surface area (Å²) in [5.74, 6) is 0. The highest BCUT2D eigenvalue weighted by Crippen LogP contribution is 2.30. The Labute approximate surface area is 134 Å². The molecular weight excluding hydrogens is 294 g/mol. The molecule has 1 saturated heterocycles. The summed E-state index contributed by atoms with van der Waals surface area (Å²) in [5.41, 5.74) is 7.10. The smallest absolute Gasteiger partial charge is 0.128 e. The van der Waals surface area contributed by atoms with Gasteiger partial charge in [-0.2, -0.15) is 0 Å². The Morgan fingerprint density at radius 1 is 1.09 bits per heavy atom. The Morgan fingerprint density at radius 3 is 2.41 bits per heavy atom. The summed E-state index contributed by atoms with van der Waals surface area (Å²) < 4.78 is 15.0. The molecule has 22 heavy (non-hydrogen) atoms. The normalized spacial score (nSPS) is 18.5. The number of nitrogens with two attached hydrogens (primary N) is 1. The second kappa shape index (κ2) is 6.36. The fourth-order valence-corrected chi connectivity index (χ4v) is 4.37. The minimum atomic E-state index is -1.12. The Hall–Kier alpha value is -1.43. The number of hydrogen-bond acceptors (Lipinski definition) is 3. The number of benzene rings is 2. The Kier molecular flexibility index (Phi) is 4.47. The first kappa shape index (κ1) is 15.5. The zero-order valence-corrected chi connectivity index (χ0v) is 14.0. The lowest BCUT2D eigenvalue weighted by molar-refractivity contribution is 0.334. The monoisotopic (exact) mass is 317 g/mol. The van der Waals surface area contributed by atoms with Gasteiger partial charge in [0, 0.05) is 49.7 Å². The number of fused-ring (bicyclic) bond motifs is 1.